The molecule has 2 rings (SSSR count). The van der Waals surface area contributed by atoms with Crippen LogP contribution in [0.4, 0.5) is 5.82 Å². The molecule has 0 amide bonds. The maximum absolute atomic E-state index is 10.9. The Bertz CT molecular complexity index is 336. The molecule has 1 fully saturated rings. The number of nitrogens with one attached hydrogen (secondary N) is 1. The lowest BCUT2D eigenvalue weighted by molar-refractivity contribution is -0.142. The zero-order valence-corrected chi connectivity index (χ0v) is 8.68. The Balaban J connectivity index is 2.04. The molecule has 1 aliphatic heterocycles. The van der Waals surface area contributed by atoms with E-state index < -0.39 is 5.97 Å². The minimum atomic E-state index is -0.675. The summed E-state index contributed by atoms with van der Waals surface area (Å²) < 4.78 is 0. The number of rotatable bonds is 2. The lowest BCUT2D eigenvalue weighted by Gasteiger charge is -2.36. The number of hydrogen-bond acceptors (Lipinski definition) is 3. The summed E-state index contributed by atoms with van der Waals surface area (Å²) >= 11 is 0. The van der Waals surface area contributed by atoms with Crippen LogP contribution in [0.15, 0.2) is 12.5 Å². The molecule has 0 saturated carbocycles. The van der Waals surface area contributed by atoms with E-state index in [-0.39, 0.29) is 12.0 Å². The van der Waals surface area contributed by atoms with Gasteiger partial charge in [-0.2, -0.15) is 0 Å². The second-order valence-corrected chi connectivity index (χ2v) is 4.04. The molecule has 0 aromatic carbocycles. The molecule has 2 N–H and O–H groups in total. The molecule has 0 radical (unpaired) electrons. The van der Waals surface area contributed by atoms with Crippen molar-refractivity contribution in [3.63, 3.8) is 0 Å². The predicted octanol–water partition coefficient (Wildman–Crippen LogP) is 1.10. The monoisotopic (exact) mass is 209 g/mol. The lowest BCUT2D eigenvalue weighted by atomic mass is 9.92. The second kappa shape index (κ2) is 3.92. The van der Waals surface area contributed by atoms with E-state index in [9.17, 15) is 4.79 Å². The van der Waals surface area contributed by atoms with Crippen LogP contribution in [0.1, 0.15) is 19.8 Å². The van der Waals surface area contributed by atoms with Gasteiger partial charge in [-0.1, -0.05) is 0 Å². The molecule has 2 atom stereocenters. The minimum absolute atomic E-state index is 0.195. The molecule has 1 aromatic heterocycles. The van der Waals surface area contributed by atoms with E-state index in [0.29, 0.717) is 12.8 Å². The van der Waals surface area contributed by atoms with Gasteiger partial charge in [0.15, 0.2) is 0 Å². The van der Waals surface area contributed by atoms with Crippen molar-refractivity contribution in [2.45, 2.75) is 25.8 Å². The molecule has 0 aliphatic carbocycles. The summed E-state index contributed by atoms with van der Waals surface area (Å²) in [5.41, 5.74) is 0. The molecule has 15 heavy (non-hydrogen) atoms. The smallest absolute Gasteiger partial charge is 0.306 e. The summed E-state index contributed by atoms with van der Waals surface area (Å²) in [6, 6.07) is 0.250. The number of carboxylic acids is 1. The van der Waals surface area contributed by atoms with Gasteiger partial charge in [-0.3, -0.25) is 4.79 Å². The summed E-state index contributed by atoms with van der Waals surface area (Å²) in [6.07, 6.45) is 4.83. The van der Waals surface area contributed by atoms with Gasteiger partial charge in [0.2, 0.25) is 0 Å². The first kappa shape index (κ1) is 10.0. The summed E-state index contributed by atoms with van der Waals surface area (Å²) in [5.74, 6) is 0.108. The Morgan fingerprint density at radius 2 is 2.53 bits per heavy atom. The Morgan fingerprint density at radius 1 is 1.73 bits per heavy atom. The number of aromatic amines is 1. The third-order valence-corrected chi connectivity index (χ3v) is 3.02. The number of carboxylic acid groups (broad SMARTS) is 1. The van der Waals surface area contributed by atoms with E-state index in [1.807, 2.05) is 0 Å². The van der Waals surface area contributed by atoms with Gasteiger partial charge in [-0.05, 0) is 19.8 Å². The number of carbonyl (C=O) groups is 1. The molecule has 2 unspecified atom stereocenters. The molecule has 82 valence electrons. The molecule has 1 aromatic rings. The standard InChI is InChI=1S/C10H15N3O2/c1-7-4-8(10(14)15)2-3-13(7)9-5-11-6-12-9/h5-8H,2-4H2,1H3,(H,11,12)(H,14,15). The summed E-state index contributed by atoms with van der Waals surface area (Å²) in [7, 11) is 0. The van der Waals surface area contributed by atoms with Crippen molar-refractivity contribution in [1.82, 2.24) is 9.97 Å². The molecule has 5 nitrogen and oxygen atoms in total. The Labute approximate surface area is 88.1 Å². The number of nitrogens with zero attached hydrogens (tertiary/aromatic N) is 2. The Hall–Kier alpha value is -1.52. The fourth-order valence-electron chi connectivity index (χ4n) is 2.16. The quantitative estimate of drug-likeness (QED) is 0.765. The van der Waals surface area contributed by atoms with Crippen LogP contribution in [0, 0.1) is 5.92 Å². The molecule has 5 heteroatoms. The molecular weight excluding hydrogens is 194 g/mol. The van der Waals surface area contributed by atoms with E-state index in [2.05, 4.69) is 21.8 Å². The van der Waals surface area contributed by atoms with Gasteiger partial charge in [-0.25, -0.2) is 4.98 Å². The van der Waals surface area contributed by atoms with Crippen LogP contribution in [0.5, 0.6) is 0 Å². The van der Waals surface area contributed by atoms with Crippen LogP contribution in [0.25, 0.3) is 0 Å². The Kier molecular flexibility index (Phi) is 2.62. The first-order valence-electron chi connectivity index (χ1n) is 5.16. The van der Waals surface area contributed by atoms with Gasteiger partial charge < -0.3 is 15.0 Å². The fraction of sp³-hybridized carbons (Fsp3) is 0.600. The largest absolute Gasteiger partial charge is 0.481 e. The van der Waals surface area contributed by atoms with Crippen LogP contribution in [-0.2, 0) is 4.79 Å². The molecule has 2 heterocycles. The maximum Gasteiger partial charge on any atom is 0.306 e. The number of imidazole rings is 1. The molecule has 1 aliphatic rings. The highest BCUT2D eigenvalue weighted by atomic mass is 16.4. The van der Waals surface area contributed by atoms with Crippen LogP contribution >= 0.6 is 0 Å². The van der Waals surface area contributed by atoms with Crippen molar-refractivity contribution < 1.29 is 9.90 Å². The number of aliphatic carboxylic acids is 1. The molecule has 1 saturated heterocycles. The topological polar surface area (TPSA) is 69.2 Å². The van der Waals surface area contributed by atoms with Gasteiger partial charge in [-0.15, -0.1) is 0 Å². The van der Waals surface area contributed by atoms with E-state index in [4.69, 9.17) is 5.11 Å². The first-order chi connectivity index (χ1) is 7.18. The van der Waals surface area contributed by atoms with Crippen molar-refractivity contribution >= 4 is 11.8 Å². The summed E-state index contributed by atoms with van der Waals surface area (Å²) in [5, 5.41) is 8.93. The van der Waals surface area contributed by atoms with E-state index >= 15 is 0 Å². The van der Waals surface area contributed by atoms with Gasteiger partial charge >= 0.3 is 5.97 Å². The molecule has 0 bridgehead atoms. The fourth-order valence-corrected chi connectivity index (χ4v) is 2.16. The van der Waals surface area contributed by atoms with Crippen molar-refractivity contribution in [3.05, 3.63) is 12.5 Å². The highest BCUT2D eigenvalue weighted by Gasteiger charge is 2.30. The number of piperidine rings is 1. The number of anilines is 1. The normalized spacial score (nSPS) is 26.6. The van der Waals surface area contributed by atoms with Gasteiger partial charge in [0.25, 0.3) is 0 Å². The first-order valence-corrected chi connectivity index (χ1v) is 5.16. The van der Waals surface area contributed by atoms with E-state index in [0.717, 1.165) is 12.4 Å². The highest BCUT2D eigenvalue weighted by molar-refractivity contribution is 5.70. The summed E-state index contributed by atoms with van der Waals surface area (Å²) in [4.78, 5) is 20.0. The highest BCUT2D eigenvalue weighted by Crippen LogP contribution is 2.26. The van der Waals surface area contributed by atoms with Crippen molar-refractivity contribution in [3.8, 4) is 0 Å². The van der Waals surface area contributed by atoms with Crippen molar-refractivity contribution in [1.29, 1.82) is 0 Å². The van der Waals surface area contributed by atoms with Crippen molar-refractivity contribution in [2.24, 2.45) is 5.92 Å². The zero-order chi connectivity index (χ0) is 10.8. The van der Waals surface area contributed by atoms with Crippen molar-refractivity contribution in [2.75, 3.05) is 11.4 Å². The van der Waals surface area contributed by atoms with E-state index in [1.165, 1.54) is 0 Å². The lowest BCUT2D eigenvalue weighted by Crippen LogP contribution is -2.43. The summed E-state index contributed by atoms with van der Waals surface area (Å²) in [6.45, 7) is 2.83. The van der Waals surface area contributed by atoms with Crippen LogP contribution in [0.3, 0.4) is 0 Å². The molecular formula is C10H15N3O2. The van der Waals surface area contributed by atoms with Gasteiger partial charge in [0.05, 0.1) is 18.4 Å². The zero-order valence-electron chi connectivity index (χ0n) is 8.68. The Morgan fingerprint density at radius 3 is 3.07 bits per heavy atom. The van der Waals surface area contributed by atoms with Gasteiger partial charge in [0.1, 0.15) is 5.82 Å². The maximum atomic E-state index is 10.9. The van der Waals surface area contributed by atoms with Crippen LogP contribution in [-0.4, -0.2) is 33.6 Å². The minimum Gasteiger partial charge on any atom is -0.481 e. The third kappa shape index (κ3) is 1.95. The second-order valence-electron chi connectivity index (χ2n) is 4.04. The number of hydrogen-bond donors (Lipinski definition) is 2. The SMILES string of the molecule is CC1CC(C(=O)O)CCN1c1cnc[nH]1. The van der Waals surface area contributed by atoms with Gasteiger partial charge in [0, 0.05) is 12.6 Å². The number of aromatic nitrogens is 2. The predicted molar refractivity (Wildman–Crippen MR) is 55.8 cm³/mol. The third-order valence-electron chi connectivity index (χ3n) is 3.02. The average molecular weight is 209 g/mol. The van der Waals surface area contributed by atoms with E-state index in [1.54, 1.807) is 12.5 Å². The van der Waals surface area contributed by atoms with Crippen LogP contribution < -0.4 is 4.90 Å². The number of H-pyrrole nitrogens is 1. The molecule has 0 spiro atoms. The van der Waals surface area contributed by atoms with Crippen LogP contribution in [0.2, 0.25) is 0 Å². The average Bonchev–Trinajstić information content (AvgIpc) is 2.70.